The Kier molecular flexibility index (Phi) is 8.69. The summed E-state index contributed by atoms with van der Waals surface area (Å²) in [6, 6.07) is 15.1. The van der Waals surface area contributed by atoms with E-state index in [1.54, 1.807) is 19.3 Å². The summed E-state index contributed by atoms with van der Waals surface area (Å²) in [5.74, 6) is 0.0445. The number of carbonyl (C=O) groups is 2. The zero-order valence-electron chi connectivity index (χ0n) is 17.9. The van der Waals surface area contributed by atoms with Crippen LogP contribution in [0, 0.1) is 0 Å². The molecule has 0 spiro atoms. The Morgan fingerprint density at radius 2 is 1.63 bits per heavy atom. The van der Waals surface area contributed by atoms with Gasteiger partial charge in [0.05, 0.1) is 7.11 Å². The van der Waals surface area contributed by atoms with Crippen LogP contribution in [0.4, 0.5) is 5.69 Å². The van der Waals surface area contributed by atoms with Gasteiger partial charge in [-0.25, -0.2) is 0 Å². The molecule has 2 amide bonds. The molecule has 0 fully saturated rings. The molecular weight excluding hydrogens is 378 g/mol. The molecule has 0 heterocycles. The Labute approximate surface area is 178 Å². The number of nitrogens with zero attached hydrogens (tertiary/aromatic N) is 1. The van der Waals surface area contributed by atoms with E-state index < -0.39 is 0 Å². The predicted octanol–water partition coefficient (Wildman–Crippen LogP) is 3.46. The van der Waals surface area contributed by atoms with Crippen molar-refractivity contribution in [3.05, 3.63) is 71.4 Å². The third kappa shape index (κ3) is 7.13. The Bertz CT molecular complexity index is 898. The highest BCUT2D eigenvalue weighted by Crippen LogP contribution is 2.15. The summed E-state index contributed by atoms with van der Waals surface area (Å²) in [4.78, 5) is 26.9. The van der Waals surface area contributed by atoms with Crippen molar-refractivity contribution in [2.75, 3.05) is 32.6 Å². The second-order valence-corrected chi connectivity index (χ2v) is 6.90. The van der Waals surface area contributed by atoms with Crippen molar-refractivity contribution in [3.8, 4) is 5.75 Å². The van der Waals surface area contributed by atoms with E-state index in [0.717, 1.165) is 29.0 Å². The van der Waals surface area contributed by atoms with E-state index in [1.807, 2.05) is 74.4 Å². The molecule has 0 bridgehead atoms. The number of ether oxygens (including phenoxy) is 1. The summed E-state index contributed by atoms with van der Waals surface area (Å²) in [5.41, 5.74) is 2.92. The molecular formula is C24H29N3O3. The van der Waals surface area contributed by atoms with Gasteiger partial charge in [0.2, 0.25) is 5.91 Å². The molecule has 0 saturated heterocycles. The zero-order chi connectivity index (χ0) is 21.9. The highest BCUT2D eigenvalue weighted by Gasteiger charge is 2.11. The first kappa shape index (κ1) is 22.7. The van der Waals surface area contributed by atoms with Crippen molar-refractivity contribution >= 4 is 29.7 Å². The molecule has 0 aliphatic rings. The minimum absolute atomic E-state index is 0.199. The average molecular weight is 408 g/mol. The van der Waals surface area contributed by atoms with Gasteiger partial charge in [0.25, 0.3) is 5.91 Å². The molecule has 2 aromatic carbocycles. The maximum absolute atomic E-state index is 12.5. The molecule has 0 unspecified atom stereocenters. The van der Waals surface area contributed by atoms with Gasteiger partial charge in [0.15, 0.2) is 0 Å². The van der Waals surface area contributed by atoms with Crippen LogP contribution in [0.5, 0.6) is 5.75 Å². The van der Waals surface area contributed by atoms with Gasteiger partial charge < -0.3 is 20.3 Å². The topological polar surface area (TPSA) is 70.7 Å². The van der Waals surface area contributed by atoms with Gasteiger partial charge in [-0.15, -0.1) is 0 Å². The lowest BCUT2D eigenvalue weighted by Gasteiger charge is -2.13. The molecule has 30 heavy (non-hydrogen) atoms. The number of nitrogens with one attached hydrogen (secondary N) is 2. The second kappa shape index (κ2) is 11.5. The highest BCUT2D eigenvalue weighted by molar-refractivity contribution is 6.04. The van der Waals surface area contributed by atoms with Crippen LogP contribution in [0.25, 0.3) is 12.2 Å². The molecule has 2 aromatic rings. The van der Waals surface area contributed by atoms with E-state index >= 15 is 0 Å². The fourth-order valence-corrected chi connectivity index (χ4v) is 2.59. The van der Waals surface area contributed by atoms with E-state index in [1.165, 1.54) is 6.08 Å². The first-order valence-corrected chi connectivity index (χ1v) is 9.83. The van der Waals surface area contributed by atoms with Crippen molar-refractivity contribution < 1.29 is 14.3 Å². The fraction of sp³-hybridized carbons (Fsp3) is 0.250. The van der Waals surface area contributed by atoms with Crippen LogP contribution in [-0.4, -0.2) is 39.6 Å². The number of carbonyl (C=O) groups excluding carboxylic acids is 2. The lowest BCUT2D eigenvalue weighted by Crippen LogP contribution is -2.34. The number of rotatable bonds is 9. The Morgan fingerprint density at radius 3 is 2.20 bits per heavy atom. The van der Waals surface area contributed by atoms with E-state index in [2.05, 4.69) is 10.6 Å². The van der Waals surface area contributed by atoms with E-state index in [9.17, 15) is 9.59 Å². The average Bonchev–Trinajstić information content (AvgIpc) is 2.76. The first-order valence-electron chi connectivity index (χ1n) is 9.83. The lowest BCUT2D eigenvalue weighted by atomic mass is 10.1. The van der Waals surface area contributed by atoms with Crippen LogP contribution in [0.2, 0.25) is 0 Å². The number of methoxy groups -OCH3 is 1. The quantitative estimate of drug-likeness (QED) is 0.625. The molecule has 2 N–H and O–H groups in total. The third-order valence-corrected chi connectivity index (χ3v) is 4.30. The molecule has 0 aliphatic carbocycles. The van der Waals surface area contributed by atoms with Gasteiger partial charge in [-0.05, 0) is 54.0 Å². The number of hydrogen-bond acceptors (Lipinski definition) is 4. The van der Waals surface area contributed by atoms with Crippen molar-refractivity contribution in [2.45, 2.75) is 13.3 Å². The molecule has 0 saturated carbocycles. The maximum Gasteiger partial charge on any atom is 0.267 e. The van der Waals surface area contributed by atoms with Gasteiger partial charge in [-0.2, -0.15) is 0 Å². The molecule has 0 aliphatic heterocycles. The van der Waals surface area contributed by atoms with Gasteiger partial charge in [0.1, 0.15) is 11.4 Å². The lowest BCUT2D eigenvalue weighted by molar-refractivity contribution is -0.121. The monoisotopic (exact) mass is 407 g/mol. The highest BCUT2D eigenvalue weighted by atomic mass is 16.5. The molecule has 0 atom stereocenters. The smallest absolute Gasteiger partial charge is 0.267 e. The molecule has 6 nitrogen and oxygen atoms in total. The first-order chi connectivity index (χ1) is 14.4. The summed E-state index contributed by atoms with van der Waals surface area (Å²) in [5, 5.41) is 5.50. The maximum atomic E-state index is 12.5. The summed E-state index contributed by atoms with van der Waals surface area (Å²) in [7, 11) is 5.53. The second-order valence-electron chi connectivity index (χ2n) is 6.90. The van der Waals surface area contributed by atoms with Crippen molar-refractivity contribution in [3.63, 3.8) is 0 Å². The summed E-state index contributed by atoms with van der Waals surface area (Å²) in [6.07, 6.45) is 5.56. The Balaban J connectivity index is 2.16. The summed E-state index contributed by atoms with van der Waals surface area (Å²) < 4.78 is 5.12. The van der Waals surface area contributed by atoms with Gasteiger partial charge in [0, 0.05) is 32.4 Å². The largest absolute Gasteiger partial charge is 0.497 e. The number of amides is 2. The van der Waals surface area contributed by atoms with Crippen LogP contribution in [-0.2, 0) is 9.59 Å². The van der Waals surface area contributed by atoms with E-state index in [-0.39, 0.29) is 17.5 Å². The van der Waals surface area contributed by atoms with Crippen LogP contribution in [0.15, 0.2) is 60.3 Å². The van der Waals surface area contributed by atoms with Crippen molar-refractivity contribution in [1.82, 2.24) is 10.6 Å². The third-order valence-electron chi connectivity index (χ3n) is 4.30. The van der Waals surface area contributed by atoms with E-state index in [0.29, 0.717) is 6.54 Å². The number of anilines is 1. The summed E-state index contributed by atoms with van der Waals surface area (Å²) in [6.45, 7) is 2.51. The molecule has 0 radical (unpaired) electrons. The minimum atomic E-state index is -0.381. The Morgan fingerprint density at radius 1 is 1.00 bits per heavy atom. The molecule has 0 aromatic heterocycles. The number of benzene rings is 2. The molecule has 2 rings (SSSR count). The zero-order valence-corrected chi connectivity index (χ0v) is 17.9. The predicted molar refractivity (Wildman–Crippen MR) is 122 cm³/mol. The van der Waals surface area contributed by atoms with Gasteiger partial charge in [-0.1, -0.05) is 31.2 Å². The van der Waals surface area contributed by atoms with Crippen molar-refractivity contribution in [2.24, 2.45) is 0 Å². The summed E-state index contributed by atoms with van der Waals surface area (Å²) >= 11 is 0. The SMILES string of the molecule is CCCNC(=O)/C(=C/c1ccc(N(C)C)cc1)NC(=O)/C=C/c1ccc(OC)cc1. The fourth-order valence-electron chi connectivity index (χ4n) is 2.59. The van der Waals surface area contributed by atoms with Crippen LogP contribution in [0.1, 0.15) is 24.5 Å². The van der Waals surface area contributed by atoms with Gasteiger partial charge >= 0.3 is 0 Å². The molecule has 6 heteroatoms. The normalized spacial score (nSPS) is 11.3. The van der Waals surface area contributed by atoms with Gasteiger partial charge in [-0.3, -0.25) is 9.59 Å². The minimum Gasteiger partial charge on any atom is -0.497 e. The van der Waals surface area contributed by atoms with Crippen LogP contribution < -0.4 is 20.3 Å². The van der Waals surface area contributed by atoms with Crippen molar-refractivity contribution in [1.29, 1.82) is 0 Å². The van der Waals surface area contributed by atoms with E-state index in [4.69, 9.17) is 4.74 Å². The van der Waals surface area contributed by atoms with Crippen LogP contribution in [0.3, 0.4) is 0 Å². The molecule has 158 valence electrons. The number of hydrogen-bond donors (Lipinski definition) is 2. The Hall–Kier alpha value is -3.54. The standard InChI is InChI=1S/C24H29N3O3/c1-5-16-25-24(29)22(17-19-6-11-20(12-7-19)27(2)3)26-23(28)15-10-18-8-13-21(30-4)14-9-18/h6-15,17H,5,16H2,1-4H3,(H,25,29)(H,26,28)/b15-10+,22-17-. The van der Waals surface area contributed by atoms with Crippen LogP contribution >= 0.6 is 0 Å².